The largest absolute Gasteiger partial charge is 0.336 e. The number of imidazole rings is 1. The van der Waals surface area contributed by atoms with Crippen molar-refractivity contribution in [1.29, 1.82) is 0 Å². The van der Waals surface area contributed by atoms with Crippen molar-refractivity contribution in [1.82, 2.24) is 19.5 Å². The molecule has 0 radical (unpaired) electrons. The van der Waals surface area contributed by atoms with Gasteiger partial charge in [0, 0.05) is 12.5 Å². The number of nitrogens with one attached hydrogen (secondary N) is 2. The van der Waals surface area contributed by atoms with E-state index in [1.807, 2.05) is 6.92 Å². The van der Waals surface area contributed by atoms with Crippen LogP contribution in [0.25, 0.3) is 11.2 Å². The van der Waals surface area contributed by atoms with Crippen LogP contribution in [-0.4, -0.2) is 19.5 Å². The summed E-state index contributed by atoms with van der Waals surface area (Å²) in [6.45, 7) is 2.40. The monoisotopic (exact) mass is 314 g/mol. The van der Waals surface area contributed by atoms with Crippen molar-refractivity contribution in [2.45, 2.75) is 51.5 Å². The third-order valence-corrected chi connectivity index (χ3v) is 6.47. The zero-order chi connectivity index (χ0) is 15.7. The van der Waals surface area contributed by atoms with Crippen molar-refractivity contribution >= 4 is 11.2 Å². The molecule has 0 amide bonds. The summed E-state index contributed by atoms with van der Waals surface area (Å²) in [6, 6.07) is 0. The molecule has 4 bridgehead atoms. The first kappa shape index (κ1) is 13.6. The van der Waals surface area contributed by atoms with Gasteiger partial charge in [0.15, 0.2) is 5.65 Å². The summed E-state index contributed by atoms with van der Waals surface area (Å²) in [7, 11) is 0. The molecular formula is C17H22N4O2. The first-order valence-electron chi connectivity index (χ1n) is 8.88. The zero-order valence-electron chi connectivity index (χ0n) is 13.3. The number of H-pyrrole nitrogens is 2. The summed E-state index contributed by atoms with van der Waals surface area (Å²) in [5, 5.41) is 0. The van der Waals surface area contributed by atoms with Crippen molar-refractivity contribution in [3.63, 3.8) is 0 Å². The number of aromatic amines is 2. The predicted molar refractivity (Wildman–Crippen MR) is 86.4 cm³/mol. The number of rotatable bonds is 3. The van der Waals surface area contributed by atoms with Gasteiger partial charge < -0.3 is 4.98 Å². The van der Waals surface area contributed by atoms with Crippen LogP contribution in [0.3, 0.4) is 0 Å². The van der Waals surface area contributed by atoms with Crippen LogP contribution in [0.2, 0.25) is 0 Å². The average molecular weight is 314 g/mol. The van der Waals surface area contributed by atoms with Gasteiger partial charge in [-0.25, -0.2) is 9.78 Å². The summed E-state index contributed by atoms with van der Waals surface area (Å²) in [5.74, 6) is 4.60. The second kappa shape index (κ2) is 4.58. The van der Waals surface area contributed by atoms with Crippen LogP contribution in [0.5, 0.6) is 0 Å². The van der Waals surface area contributed by atoms with E-state index in [-0.39, 0.29) is 11.2 Å². The molecule has 2 N–H and O–H groups in total. The van der Waals surface area contributed by atoms with E-state index >= 15 is 0 Å². The smallest absolute Gasteiger partial charge is 0.330 e. The van der Waals surface area contributed by atoms with Crippen LogP contribution < -0.4 is 11.2 Å². The second-order valence-electron chi connectivity index (χ2n) is 7.75. The maximum atomic E-state index is 12.6. The lowest BCUT2D eigenvalue weighted by Gasteiger charge is -2.30. The van der Waals surface area contributed by atoms with Gasteiger partial charge in [0.05, 0.1) is 0 Å². The van der Waals surface area contributed by atoms with Gasteiger partial charge in [-0.1, -0.05) is 6.92 Å². The Hall–Kier alpha value is -1.85. The highest BCUT2D eigenvalue weighted by Crippen LogP contribution is 2.63. The first-order chi connectivity index (χ1) is 11.2. The van der Waals surface area contributed by atoms with Crippen LogP contribution >= 0.6 is 0 Å². The highest BCUT2D eigenvalue weighted by molar-refractivity contribution is 5.69. The van der Waals surface area contributed by atoms with Gasteiger partial charge in [-0.05, 0) is 55.8 Å². The minimum atomic E-state index is -0.351. The molecule has 0 saturated heterocycles. The Morgan fingerprint density at radius 3 is 2.74 bits per heavy atom. The van der Waals surface area contributed by atoms with Crippen molar-refractivity contribution in [2.75, 3.05) is 0 Å². The van der Waals surface area contributed by atoms with Crippen molar-refractivity contribution in [2.24, 2.45) is 23.7 Å². The predicted octanol–water partition coefficient (Wildman–Crippen LogP) is 1.97. The fraction of sp³-hybridized carbons (Fsp3) is 0.706. The van der Waals surface area contributed by atoms with Crippen molar-refractivity contribution in [3.05, 3.63) is 26.7 Å². The van der Waals surface area contributed by atoms with Gasteiger partial charge in [0.25, 0.3) is 5.56 Å². The van der Waals surface area contributed by atoms with Gasteiger partial charge >= 0.3 is 5.69 Å². The normalized spacial score (nSPS) is 34.7. The van der Waals surface area contributed by atoms with Gasteiger partial charge in [-0.3, -0.25) is 14.3 Å². The lowest BCUT2D eigenvalue weighted by molar-refractivity contribution is 0.244. The molecule has 0 aromatic carbocycles. The Kier molecular flexibility index (Phi) is 2.71. The molecule has 0 aliphatic heterocycles. The van der Waals surface area contributed by atoms with Gasteiger partial charge in [-0.2, -0.15) is 0 Å². The van der Waals surface area contributed by atoms with Crippen LogP contribution in [0, 0.1) is 23.7 Å². The lowest BCUT2D eigenvalue weighted by atomic mass is 9.75. The number of fused-ring (bicyclic) bond motifs is 1. The van der Waals surface area contributed by atoms with Crippen LogP contribution in [-0.2, 0) is 6.54 Å². The van der Waals surface area contributed by atoms with E-state index in [0.717, 1.165) is 30.0 Å². The molecule has 6 rings (SSSR count). The van der Waals surface area contributed by atoms with Gasteiger partial charge in [-0.15, -0.1) is 0 Å². The molecule has 4 aliphatic rings. The fourth-order valence-electron chi connectivity index (χ4n) is 5.78. The Balaban J connectivity index is 1.63. The highest BCUT2D eigenvalue weighted by atomic mass is 16.2. The third kappa shape index (κ3) is 1.78. The molecule has 4 fully saturated rings. The van der Waals surface area contributed by atoms with Crippen LogP contribution in [0.4, 0.5) is 0 Å². The average Bonchev–Trinajstić information content (AvgIpc) is 3.12. The minimum absolute atomic E-state index is 0.239. The molecule has 2 heterocycles. The van der Waals surface area contributed by atoms with E-state index in [0.29, 0.717) is 29.5 Å². The molecule has 4 aliphatic carbocycles. The number of hydrogen-bond donors (Lipinski definition) is 2. The van der Waals surface area contributed by atoms with E-state index in [1.165, 1.54) is 30.3 Å². The Labute approximate surface area is 133 Å². The summed E-state index contributed by atoms with van der Waals surface area (Å²) < 4.78 is 1.27. The Morgan fingerprint density at radius 2 is 1.96 bits per heavy atom. The van der Waals surface area contributed by atoms with E-state index in [2.05, 4.69) is 15.0 Å². The van der Waals surface area contributed by atoms with Crippen molar-refractivity contribution < 1.29 is 0 Å². The molecule has 4 saturated carbocycles. The number of aromatic nitrogens is 4. The topological polar surface area (TPSA) is 83.5 Å². The minimum Gasteiger partial charge on any atom is -0.336 e. The molecule has 122 valence electrons. The van der Waals surface area contributed by atoms with Crippen molar-refractivity contribution in [3.8, 4) is 0 Å². The maximum absolute atomic E-state index is 12.6. The molecule has 23 heavy (non-hydrogen) atoms. The Bertz CT molecular complexity index is 888. The number of hydrogen-bond acceptors (Lipinski definition) is 3. The fourth-order valence-corrected chi connectivity index (χ4v) is 5.78. The molecule has 6 nitrogen and oxygen atoms in total. The lowest BCUT2D eigenvalue weighted by Crippen LogP contribution is -2.34. The molecular weight excluding hydrogens is 292 g/mol. The third-order valence-electron chi connectivity index (χ3n) is 6.47. The zero-order valence-corrected chi connectivity index (χ0v) is 13.3. The first-order valence-corrected chi connectivity index (χ1v) is 8.88. The summed E-state index contributed by atoms with van der Waals surface area (Å²) in [5.41, 5.74) is 0.304. The molecule has 6 heteroatoms. The highest BCUT2D eigenvalue weighted by Gasteiger charge is 2.55. The number of nitrogens with zero attached hydrogens (tertiary/aromatic N) is 2. The second-order valence-corrected chi connectivity index (χ2v) is 7.75. The van der Waals surface area contributed by atoms with E-state index in [4.69, 9.17) is 0 Å². The van der Waals surface area contributed by atoms with E-state index in [9.17, 15) is 9.59 Å². The van der Waals surface area contributed by atoms with Crippen LogP contribution in [0.15, 0.2) is 9.59 Å². The standard InChI is InChI=1S/C17H22N4O2/c1-2-3-21-16(22)13-15(20-17(21)23)19-14(18-13)12-10-5-8-4-9(7-10)11(12)6-8/h8-12H,2-7H2,1H3,(H,18,19)(H,20,23). The van der Waals surface area contributed by atoms with Gasteiger partial charge in [0.1, 0.15) is 11.3 Å². The molecule has 2 aromatic rings. The molecule has 5 unspecified atom stereocenters. The SMILES string of the molecule is CCCn1c(=O)[nH]c2nc(C3C4CC5CC(C4)C3C5)[nH]c2c1=O. The summed E-state index contributed by atoms with van der Waals surface area (Å²) in [6.07, 6.45) is 6.09. The van der Waals surface area contributed by atoms with Gasteiger partial charge in [0.2, 0.25) is 0 Å². The van der Waals surface area contributed by atoms with E-state index < -0.39 is 0 Å². The molecule has 0 spiro atoms. The van der Waals surface area contributed by atoms with E-state index in [1.54, 1.807) is 0 Å². The summed E-state index contributed by atoms with van der Waals surface area (Å²) in [4.78, 5) is 35.3. The molecule has 5 atom stereocenters. The quantitative estimate of drug-likeness (QED) is 0.908. The summed E-state index contributed by atoms with van der Waals surface area (Å²) >= 11 is 0. The maximum Gasteiger partial charge on any atom is 0.330 e. The Morgan fingerprint density at radius 1 is 1.13 bits per heavy atom. The van der Waals surface area contributed by atoms with Crippen LogP contribution in [0.1, 0.15) is 50.8 Å². The molecule has 2 aromatic heterocycles.